The standard InChI is InChI=1S/C11H17N3O2S/c15-17(16,13-11-7-3-4-8-12-11)14-9-5-1-2-6-10-14/h3-4,7-8H,1-2,5-6,9-10H2,(H,12,13). The first-order chi connectivity index (χ1) is 8.18. The van der Waals surface area contributed by atoms with Crippen LogP contribution in [0.3, 0.4) is 0 Å². The maximum atomic E-state index is 12.1. The van der Waals surface area contributed by atoms with Gasteiger partial charge >= 0.3 is 10.2 Å². The zero-order valence-corrected chi connectivity index (χ0v) is 10.5. The van der Waals surface area contributed by atoms with E-state index in [1.165, 1.54) is 4.31 Å². The van der Waals surface area contributed by atoms with Crippen molar-refractivity contribution in [1.29, 1.82) is 0 Å². The molecule has 5 nitrogen and oxygen atoms in total. The predicted molar refractivity (Wildman–Crippen MR) is 66.8 cm³/mol. The Kier molecular flexibility index (Phi) is 3.96. The average Bonchev–Trinajstić information content (AvgIpc) is 2.58. The second-order valence-corrected chi connectivity index (χ2v) is 5.81. The lowest BCUT2D eigenvalue weighted by Gasteiger charge is -2.20. The summed E-state index contributed by atoms with van der Waals surface area (Å²) in [7, 11) is -3.44. The lowest BCUT2D eigenvalue weighted by atomic mass is 10.2. The molecule has 0 unspecified atom stereocenters. The van der Waals surface area contributed by atoms with Crippen LogP contribution in [-0.4, -0.2) is 30.8 Å². The van der Waals surface area contributed by atoms with Crippen LogP contribution >= 0.6 is 0 Å². The number of hydrogen-bond donors (Lipinski definition) is 1. The quantitative estimate of drug-likeness (QED) is 0.892. The van der Waals surface area contributed by atoms with E-state index in [0.29, 0.717) is 18.9 Å². The van der Waals surface area contributed by atoms with Crippen LogP contribution in [0, 0.1) is 0 Å². The monoisotopic (exact) mass is 255 g/mol. The van der Waals surface area contributed by atoms with Crippen molar-refractivity contribution in [3.05, 3.63) is 24.4 Å². The summed E-state index contributed by atoms with van der Waals surface area (Å²) in [5, 5.41) is 0. The van der Waals surface area contributed by atoms with Crippen LogP contribution in [0.1, 0.15) is 25.7 Å². The Morgan fingerprint density at radius 3 is 2.41 bits per heavy atom. The van der Waals surface area contributed by atoms with Gasteiger partial charge in [0.15, 0.2) is 0 Å². The Labute approximate surface area is 102 Å². The molecule has 0 aliphatic carbocycles. The van der Waals surface area contributed by atoms with Crippen LogP contribution in [0.15, 0.2) is 24.4 Å². The minimum absolute atomic E-state index is 0.372. The summed E-state index contributed by atoms with van der Waals surface area (Å²) in [5.41, 5.74) is 0. The fourth-order valence-corrected chi connectivity index (χ4v) is 3.15. The summed E-state index contributed by atoms with van der Waals surface area (Å²) < 4.78 is 28.2. The molecule has 1 aromatic heterocycles. The molecule has 1 N–H and O–H groups in total. The normalized spacial score (nSPS) is 18.6. The molecule has 2 heterocycles. The third-order valence-corrected chi connectivity index (χ3v) is 4.32. The molecule has 1 aromatic rings. The summed E-state index contributed by atoms with van der Waals surface area (Å²) in [4.78, 5) is 3.97. The molecule has 0 saturated carbocycles. The first kappa shape index (κ1) is 12.3. The van der Waals surface area contributed by atoms with E-state index < -0.39 is 10.2 Å². The summed E-state index contributed by atoms with van der Waals surface area (Å²) in [6.07, 6.45) is 5.65. The Bertz CT molecular complexity index is 439. The summed E-state index contributed by atoms with van der Waals surface area (Å²) in [6, 6.07) is 5.16. The van der Waals surface area contributed by atoms with E-state index in [0.717, 1.165) is 25.7 Å². The summed E-state index contributed by atoms with van der Waals surface area (Å²) in [5.74, 6) is 0.372. The second kappa shape index (κ2) is 5.46. The van der Waals surface area contributed by atoms with Gasteiger partial charge in [-0.3, -0.25) is 4.72 Å². The smallest absolute Gasteiger partial charge is 0.254 e. The number of rotatable bonds is 3. The molecule has 2 rings (SSSR count). The van der Waals surface area contributed by atoms with E-state index in [4.69, 9.17) is 0 Å². The van der Waals surface area contributed by atoms with Crippen molar-refractivity contribution < 1.29 is 8.42 Å². The van der Waals surface area contributed by atoms with Gasteiger partial charge < -0.3 is 0 Å². The molecule has 1 fully saturated rings. The summed E-state index contributed by atoms with van der Waals surface area (Å²) >= 11 is 0. The Hall–Kier alpha value is -1.14. The van der Waals surface area contributed by atoms with Crippen LogP contribution in [0.2, 0.25) is 0 Å². The molecular formula is C11H17N3O2S. The number of nitrogens with one attached hydrogen (secondary N) is 1. The number of hydrogen-bond acceptors (Lipinski definition) is 3. The van der Waals surface area contributed by atoms with E-state index in [-0.39, 0.29) is 0 Å². The highest BCUT2D eigenvalue weighted by molar-refractivity contribution is 7.90. The van der Waals surface area contributed by atoms with Gasteiger partial charge in [-0.05, 0) is 25.0 Å². The van der Waals surface area contributed by atoms with Crippen molar-refractivity contribution in [3.63, 3.8) is 0 Å². The molecule has 0 radical (unpaired) electrons. The molecule has 0 amide bonds. The van der Waals surface area contributed by atoms with Crippen LogP contribution < -0.4 is 4.72 Å². The van der Waals surface area contributed by atoms with Gasteiger partial charge in [0, 0.05) is 19.3 Å². The molecule has 0 bridgehead atoms. The number of anilines is 1. The number of pyridine rings is 1. The minimum atomic E-state index is -3.44. The lowest BCUT2D eigenvalue weighted by molar-refractivity contribution is 0.427. The maximum Gasteiger partial charge on any atom is 0.302 e. The SMILES string of the molecule is O=S(=O)(Nc1ccccn1)N1CCCCCC1. The topological polar surface area (TPSA) is 62.3 Å². The van der Waals surface area contributed by atoms with E-state index in [1.54, 1.807) is 24.4 Å². The highest BCUT2D eigenvalue weighted by Gasteiger charge is 2.22. The molecule has 0 aromatic carbocycles. The third-order valence-electron chi connectivity index (χ3n) is 2.80. The Morgan fingerprint density at radius 1 is 1.12 bits per heavy atom. The minimum Gasteiger partial charge on any atom is -0.254 e. The molecule has 0 spiro atoms. The van der Waals surface area contributed by atoms with Crippen molar-refractivity contribution in [3.8, 4) is 0 Å². The molecule has 17 heavy (non-hydrogen) atoms. The lowest BCUT2D eigenvalue weighted by Crippen LogP contribution is -2.36. The first-order valence-corrected chi connectivity index (χ1v) is 7.31. The molecule has 1 saturated heterocycles. The zero-order chi connectivity index (χ0) is 12.1. The van der Waals surface area contributed by atoms with Crippen LogP contribution in [0.5, 0.6) is 0 Å². The molecule has 1 aliphatic rings. The van der Waals surface area contributed by atoms with Crippen molar-refractivity contribution in [2.75, 3.05) is 17.8 Å². The predicted octanol–water partition coefficient (Wildman–Crippen LogP) is 1.61. The average molecular weight is 255 g/mol. The number of aromatic nitrogens is 1. The Morgan fingerprint density at radius 2 is 1.82 bits per heavy atom. The largest absolute Gasteiger partial charge is 0.302 e. The van der Waals surface area contributed by atoms with Gasteiger partial charge in [0.2, 0.25) is 0 Å². The van der Waals surface area contributed by atoms with Crippen molar-refractivity contribution >= 4 is 16.0 Å². The second-order valence-electron chi connectivity index (χ2n) is 4.14. The van der Waals surface area contributed by atoms with Crippen LogP contribution in [0.25, 0.3) is 0 Å². The van der Waals surface area contributed by atoms with E-state index in [1.807, 2.05) is 0 Å². The highest BCUT2D eigenvalue weighted by atomic mass is 32.2. The molecule has 0 atom stereocenters. The van der Waals surface area contributed by atoms with Crippen LogP contribution in [0.4, 0.5) is 5.82 Å². The fraction of sp³-hybridized carbons (Fsp3) is 0.545. The van der Waals surface area contributed by atoms with Gasteiger partial charge in [0.05, 0.1) is 0 Å². The molecule has 94 valence electrons. The Balaban J connectivity index is 2.07. The van der Waals surface area contributed by atoms with Crippen molar-refractivity contribution in [1.82, 2.24) is 9.29 Å². The van der Waals surface area contributed by atoms with Crippen LogP contribution in [-0.2, 0) is 10.2 Å². The van der Waals surface area contributed by atoms with E-state index in [2.05, 4.69) is 9.71 Å². The van der Waals surface area contributed by atoms with Gasteiger partial charge in [0.1, 0.15) is 5.82 Å². The van der Waals surface area contributed by atoms with Gasteiger partial charge in [-0.15, -0.1) is 0 Å². The zero-order valence-electron chi connectivity index (χ0n) is 9.67. The van der Waals surface area contributed by atoms with Gasteiger partial charge in [0.25, 0.3) is 0 Å². The highest BCUT2D eigenvalue weighted by Crippen LogP contribution is 2.14. The van der Waals surface area contributed by atoms with Crippen molar-refractivity contribution in [2.24, 2.45) is 0 Å². The summed E-state index contributed by atoms with van der Waals surface area (Å²) in [6.45, 7) is 1.20. The maximum absolute atomic E-state index is 12.1. The van der Waals surface area contributed by atoms with E-state index >= 15 is 0 Å². The van der Waals surface area contributed by atoms with Crippen molar-refractivity contribution in [2.45, 2.75) is 25.7 Å². The number of nitrogens with zero attached hydrogens (tertiary/aromatic N) is 2. The molecule has 6 heteroatoms. The van der Waals surface area contributed by atoms with Gasteiger partial charge in [-0.1, -0.05) is 18.9 Å². The van der Waals surface area contributed by atoms with E-state index in [9.17, 15) is 8.42 Å². The van der Waals surface area contributed by atoms with Gasteiger partial charge in [-0.2, -0.15) is 12.7 Å². The molecular weight excluding hydrogens is 238 g/mol. The molecule has 1 aliphatic heterocycles. The van der Waals surface area contributed by atoms with Gasteiger partial charge in [-0.25, -0.2) is 4.98 Å². The third kappa shape index (κ3) is 3.41. The fourth-order valence-electron chi connectivity index (χ4n) is 1.90. The first-order valence-electron chi connectivity index (χ1n) is 5.87.